The zero-order valence-corrected chi connectivity index (χ0v) is 11.0. The minimum Gasteiger partial charge on any atom is -0.330 e. The lowest BCUT2D eigenvalue weighted by Gasteiger charge is -2.04. The van der Waals surface area contributed by atoms with E-state index in [0.29, 0.717) is 0 Å². The highest BCUT2D eigenvalue weighted by Crippen LogP contribution is 2.25. The third-order valence-electron chi connectivity index (χ3n) is 3.32. The molecule has 2 aromatic heterocycles. The molecule has 4 nitrogen and oxygen atoms in total. The van der Waals surface area contributed by atoms with Gasteiger partial charge < -0.3 is 10.3 Å². The Bertz CT molecular complexity index is 714. The second kappa shape index (κ2) is 4.48. The molecule has 1 atom stereocenters. The molecule has 4 heteroatoms. The summed E-state index contributed by atoms with van der Waals surface area (Å²) in [7, 11) is 2.00. The summed E-state index contributed by atoms with van der Waals surface area (Å²) in [5.74, 6) is 0.901. The van der Waals surface area contributed by atoms with E-state index in [4.69, 9.17) is 5.73 Å². The van der Waals surface area contributed by atoms with Crippen LogP contribution in [0, 0.1) is 0 Å². The minimum absolute atomic E-state index is 0.0701. The number of nitrogens with two attached hydrogens (primary N) is 1. The van der Waals surface area contributed by atoms with E-state index in [0.717, 1.165) is 28.0 Å². The van der Waals surface area contributed by atoms with Gasteiger partial charge in [0, 0.05) is 25.0 Å². The molecule has 0 saturated heterocycles. The van der Waals surface area contributed by atoms with Gasteiger partial charge >= 0.3 is 0 Å². The van der Waals surface area contributed by atoms with Crippen molar-refractivity contribution in [2.24, 2.45) is 12.8 Å². The number of aryl methyl sites for hydroxylation is 1. The van der Waals surface area contributed by atoms with Crippen molar-refractivity contribution < 1.29 is 0 Å². The van der Waals surface area contributed by atoms with Crippen LogP contribution in [0.25, 0.3) is 22.2 Å². The van der Waals surface area contributed by atoms with Gasteiger partial charge in [0.1, 0.15) is 5.82 Å². The smallest absolute Gasteiger partial charge is 0.126 e. The van der Waals surface area contributed by atoms with E-state index in [1.165, 1.54) is 0 Å². The maximum Gasteiger partial charge on any atom is 0.126 e. The molecule has 0 aliphatic heterocycles. The maximum absolute atomic E-state index is 5.93. The summed E-state index contributed by atoms with van der Waals surface area (Å²) in [6.07, 6.45) is 3.63. The molecule has 0 spiro atoms. The summed E-state index contributed by atoms with van der Waals surface area (Å²) < 4.78 is 2.05. The number of pyridine rings is 1. The number of benzene rings is 1. The predicted octanol–water partition coefficient (Wildman–Crippen LogP) is 2.66. The number of rotatable bonds is 2. The highest BCUT2D eigenvalue weighted by Gasteiger charge is 2.11. The zero-order valence-electron chi connectivity index (χ0n) is 11.0. The first kappa shape index (κ1) is 11.9. The summed E-state index contributed by atoms with van der Waals surface area (Å²) in [5.41, 5.74) is 10.2. The van der Waals surface area contributed by atoms with Gasteiger partial charge in [-0.05, 0) is 30.7 Å². The van der Waals surface area contributed by atoms with Gasteiger partial charge in [-0.15, -0.1) is 0 Å². The summed E-state index contributed by atoms with van der Waals surface area (Å²) >= 11 is 0. The summed E-state index contributed by atoms with van der Waals surface area (Å²) in [6, 6.07) is 10.2. The van der Waals surface area contributed by atoms with E-state index >= 15 is 0 Å². The van der Waals surface area contributed by atoms with Crippen LogP contribution in [-0.4, -0.2) is 14.5 Å². The fourth-order valence-corrected chi connectivity index (χ4v) is 2.34. The van der Waals surface area contributed by atoms with Crippen LogP contribution in [0.3, 0.4) is 0 Å². The highest BCUT2D eigenvalue weighted by molar-refractivity contribution is 5.82. The van der Waals surface area contributed by atoms with E-state index in [9.17, 15) is 0 Å². The topological polar surface area (TPSA) is 56.7 Å². The van der Waals surface area contributed by atoms with Crippen molar-refractivity contribution in [3.63, 3.8) is 0 Å². The summed E-state index contributed by atoms with van der Waals surface area (Å²) in [5, 5.41) is 0. The first-order valence-electron chi connectivity index (χ1n) is 6.29. The molecular formula is C15H16N4. The average molecular weight is 252 g/mol. The van der Waals surface area contributed by atoms with E-state index in [1.54, 1.807) is 6.20 Å². The van der Waals surface area contributed by atoms with Crippen LogP contribution in [0.2, 0.25) is 0 Å². The Morgan fingerprint density at radius 3 is 2.74 bits per heavy atom. The van der Waals surface area contributed by atoms with Crippen molar-refractivity contribution in [3.8, 4) is 11.1 Å². The SMILES string of the molecule is CC(N)c1nc2cc(-c3cccnc3)ccc2n1C. The van der Waals surface area contributed by atoms with Crippen LogP contribution in [0.4, 0.5) is 0 Å². The van der Waals surface area contributed by atoms with E-state index in [2.05, 4.69) is 28.2 Å². The highest BCUT2D eigenvalue weighted by atomic mass is 15.1. The molecule has 1 aromatic carbocycles. The molecule has 19 heavy (non-hydrogen) atoms. The Kier molecular flexibility index (Phi) is 2.80. The van der Waals surface area contributed by atoms with Crippen LogP contribution in [0.5, 0.6) is 0 Å². The molecule has 0 fully saturated rings. The third kappa shape index (κ3) is 2.00. The maximum atomic E-state index is 5.93. The van der Waals surface area contributed by atoms with Gasteiger partial charge in [-0.1, -0.05) is 12.1 Å². The predicted molar refractivity (Wildman–Crippen MR) is 76.5 cm³/mol. The van der Waals surface area contributed by atoms with E-state index in [1.807, 2.05) is 36.9 Å². The molecule has 0 bridgehead atoms. The molecular weight excluding hydrogens is 236 g/mol. The zero-order chi connectivity index (χ0) is 13.4. The second-order valence-electron chi connectivity index (χ2n) is 4.76. The second-order valence-corrected chi connectivity index (χ2v) is 4.76. The van der Waals surface area contributed by atoms with Crippen LogP contribution in [0.1, 0.15) is 18.8 Å². The van der Waals surface area contributed by atoms with E-state index < -0.39 is 0 Å². The number of hydrogen-bond acceptors (Lipinski definition) is 3. The van der Waals surface area contributed by atoms with Gasteiger partial charge in [0.15, 0.2) is 0 Å². The fourth-order valence-electron chi connectivity index (χ4n) is 2.34. The Hall–Kier alpha value is -2.20. The normalized spacial score (nSPS) is 12.8. The average Bonchev–Trinajstić information content (AvgIpc) is 2.77. The van der Waals surface area contributed by atoms with Crippen molar-refractivity contribution in [1.29, 1.82) is 0 Å². The quantitative estimate of drug-likeness (QED) is 0.762. The summed E-state index contributed by atoms with van der Waals surface area (Å²) in [6.45, 7) is 1.95. The van der Waals surface area contributed by atoms with Gasteiger partial charge in [0.25, 0.3) is 0 Å². The van der Waals surface area contributed by atoms with Crippen molar-refractivity contribution in [2.45, 2.75) is 13.0 Å². The lowest BCUT2D eigenvalue weighted by Crippen LogP contribution is -2.11. The standard InChI is InChI=1S/C15H16N4/c1-10(16)15-18-13-8-11(5-6-14(13)19(15)2)12-4-3-7-17-9-12/h3-10H,16H2,1-2H3. The van der Waals surface area contributed by atoms with Gasteiger partial charge in [-0.2, -0.15) is 0 Å². The molecule has 0 radical (unpaired) electrons. The van der Waals surface area contributed by atoms with Crippen LogP contribution >= 0.6 is 0 Å². The van der Waals surface area contributed by atoms with Crippen LogP contribution < -0.4 is 5.73 Å². The van der Waals surface area contributed by atoms with E-state index in [-0.39, 0.29) is 6.04 Å². The Morgan fingerprint density at radius 1 is 1.21 bits per heavy atom. The van der Waals surface area contributed by atoms with Gasteiger partial charge in [-0.3, -0.25) is 4.98 Å². The molecule has 0 amide bonds. The number of hydrogen-bond donors (Lipinski definition) is 1. The summed E-state index contributed by atoms with van der Waals surface area (Å²) in [4.78, 5) is 8.76. The molecule has 0 aliphatic rings. The molecule has 2 N–H and O–H groups in total. The molecule has 1 unspecified atom stereocenters. The van der Waals surface area contributed by atoms with Crippen LogP contribution in [0.15, 0.2) is 42.7 Å². The number of fused-ring (bicyclic) bond motifs is 1. The first-order valence-corrected chi connectivity index (χ1v) is 6.29. The van der Waals surface area contributed by atoms with Crippen molar-refractivity contribution >= 4 is 11.0 Å². The lowest BCUT2D eigenvalue weighted by molar-refractivity contribution is 0.696. The molecule has 3 aromatic rings. The van der Waals surface area contributed by atoms with Crippen LogP contribution in [-0.2, 0) is 7.05 Å². The molecule has 3 rings (SSSR count). The van der Waals surface area contributed by atoms with Gasteiger partial charge in [0.05, 0.1) is 17.1 Å². The number of nitrogens with zero attached hydrogens (tertiary/aromatic N) is 3. The molecule has 2 heterocycles. The van der Waals surface area contributed by atoms with Crippen molar-refractivity contribution in [2.75, 3.05) is 0 Å². The van der Waals surface area contributed by atoms with Crippen molar-refractivity contribution in [1.82, 2.24) is 14.5 Å². The fraction of sp³-hybridized carbons (Fsp3) is 0.200. The first-order chi connectivity index (χ1) is 9.16. The number of aromatic nitrogens is 3. The monoisotopic (exact) mass is 252 g/mol. The Labute approximate surface area is 111 Å². The molecule has 0 aliphatic carbocycles. The van der Waals surface area contributed by atoms with Gasteiger partial charge in [0.2, 0.25) is 0 Å². The minimum atomic E-state index is -0.0701. The van der Waals surface area contributed by atoms with Crippen molar-refractivity contribution in [3.05, 3.63) is 48.5 Å². The lowest BCUT2D eigenvalue weighted by atomic mass is 10.1. The molecule has 96 valence electrons. The third-order valence-corrected chi connectivity index (χ3v) is 3.32. The molecule has 0 saturated carbocycles. The largest absolute Gasteiger partial charge is 0.330 e. The van der Waals surface area contributed by atoms with Gasteiger partial charge in [-0.25, -0.2) is 4.98 Å². The number of imidazole rings is 1. The Balaban J connectivity index is 2.17. The Morgan fingerprint density at radius 2 is 2.05 bits per heavy atom.